The Morgan fingerprint density at radius 1 is 1.44 bits per heavy atom. The van der Waals surface area contributed by atoms with Gasteiger partial charge in [0, 0.05) is 6.04 Å². The van der Waals surface area contributed by atoms with Gasteiger partial charge in [-0.1, -0.05) is 17.7 Å². The third-order valence-electron chi connectivity index (χ3n) is 2.19. The first-order valence-corrected chi connectivity index (χ1v) is 5.30. The molecule has 2 atom stereocenters. The van der Waals surface area contributed by atoms with Crippen molar-refractivity contribution < 1.29 is 9.53 Å². The third kappa shape index (κ3) is 3.12. The molecule has 0 fully saturated rings. The average molecular weight is 243 g/mol. The van der Waals surface area contributed by atoms with Crippen LogP contribution in [0.3, 0.4) is 0 Å². The monoisotopic (exact) mass is 242 g/mol. The Balaban J connectivity index is 2.87. The van der Waals surface area contributed by atoms with E-state index in [0.717, 1.165) is 5.56 Å². The minimum absolute atomic E-state index is 0.0971. The SMILES string of the molecule is CC(Oc1ccc(C(C)N)cc1Cl)C(N)=O. The molecule has 0 aliphatic carbocycles. The number of carbonyl (C=O) groups excluding carboxylic acids is 1. The second kappa shape index (κ2) is 5.18. The van der Waals surface area contributed by atoms with E-state index < -0.39 is 12.0 Å². The summed E-state index contributed by atoms with van der Waals surface area (Å²) >= 11 is 5.99. The Morgan fingerprint density at radius 3 is 2.50 bits per heavy atom. The Hall–Kier alpha value is -1.26. The zero-order chi connectivity index (χ0) is 12.3. The molecule has 0 aliphatic rings. The van der Waals surface area contributed by atoms with E-state index in [4.69, 9.17) is 27.8 Å². The fraction of sp³-hybridized carbons (Fsp3) is 0.364. The van der Waals surface area contributed by atoms with Gasteiger partial charge in [0.1, 0.15) is 5.75 Å². The lowest BCUT2D eigenvalue weighted by Gasteiger charge is -2.14. The summed E-state index contributed by atoms with van der Waals surface area (Å²) in [5.74, 6) is -0.107. The molecule has 4 nitrogen and oxygen atoms in total. The van der Waals surface area contributed by atoms with Crippen molar-refractivity contribution in [3.8, 4) is 5.75 Å². The lowest BCUT2D eigenvalue weighted by molar-refractivity contribution is -0.123. The minimum Gasteiger partial charge on any atom is -0.479 e. The van der Waals surface area contributed by atoms with Crippen molar-refractivity contribution in [1.29, 1.82) is 0 Å². The lowest BCUT2D eigenvalue weighted by atomic mass is 10.1. The minimum atomic E-state index is -0.710. The van der Waals surface area contributed by atoms with Crippen LogP contribution in [0.2, 0.25) is 5.02 Å². The maximum absolute atomic E-state index is 10.8. The van der Waals surface area contributed by atoms with Gasteiger partial charge >= 0.3 is 0 Å². The highest BCUT2D eigenvalue weighted by Crippen LogP contribution is 2.28. The summed E-state index contributed by atoms with van der Waals surface area (Å²) in [6.45, 7) is 3.43. The number of amides is 1. The molecule has 5 heteroatoms. The Kier molecular flexibility index (Phi) is 4.15. The molecule has 16 heavy (non-hydrogen) atoms. The molecule has 88 valence electrons. The Labute approximate surface area is 99.5 Å². The van der Waals surface area contributed by atoms with Gasteiger partial charge in [-0.15, -0.1) is 0 Å². The molecular formula is C11H15ClN2O2. The van der Waals surface area contributed by atoms with Gasteiger partial charge in [0.15, 0.2) is 6.10 Å². The van der Waals surface area contributed by atoms with Gasteiger partial charge in [0.05, 0.1) is 5.02 Å². The molecule has 0 aromatic heterocycles. The van der Waals surface area contributed by atoms with Gasteiger partial charge in [-0.05, 0) is 31.5 Å². The predicted molar refractivity (Wildman–Crippen MR) is 63.3 cm³/mol. The van der Waals surface area contributed by atoms with E-state index in [2.05, 4.69) is 0 Å². The summed E-state index contributed by atoms with van der Waals surface area (Å²) in [6.07, 6.45) is -0.710. The summed E-state index contributed by atoms with van der Waals surface area (Å²) in [5, 5.41) is 0.419. The normalized spacial score (nSPS) is 14.2. The largest absolute Gasteiger partial charge is 0.479 e. The summed E-state index contributed by atoms with van der Waals surface area (Å²) in [7, 11) is 0. The Morgan fingerprint density at radius 2 is 2.06 bits per heavy atom. The predicted octanol–water partition coefficient (Wildman–Crippen LogP) is 1.61. The summed E-state index contributed by atoms with van der Waals surface area (Å²) in [5.41, 5.74) is 11.7. The number of hydrogen-bond acceptors (Lipinski definition) is 3. The number of primary amides is 1. The van der Waals surface area contributed by atoms with Crippen molar-refractivity contribution in [3.05, 3.63) is 28.8 Å². The zero-order valence-electron chi connectivity index (χ0n) is 9.24. The van der Waals surface area contributed by atoms with Crippen LogP contribution in [0, 0.1) is 0 Å². The van der Waals surface area contributed by atoms with Crippen LogP contribution >= 0.6 is 11.6 Å². The molecule has 0 bridgehead atoms. The van der Waals surface area contributed by atoms with E-state index in [-0.39, 0.29) is 6.04 Å². The second-order valence-corrected chi connectivity index (χ2v) is 4.05. The van der Waals surface area contributed by atoms with Crippen LogP contribution in [-0.2, 0) is 4.79 Å². The first kappa shape index (κ1) is 12.8. The molecule has 0 spiro atoms. The molecule has 1 rings (SSSR count). The topological polar surface area (TPSA) is 78.3 Å². The smallest absolute Gasteiger partial charge is 0.258 e. The number of carbonyl (C=O) groups is 1. The first-order valence-electron chi connectivity index (χ1n) is 4.93. The number of hydrogen-bond donors (Lipinski definition) is 2. The van der Waals surface area contributed by atoms with Crippen molar-refractivity contribution in [1.82, 2.24) is 0 Å². The number of ether oxygens (including phenoxy) is 1. The van der Waals surface area contributed by atoms with Crippen LogP contribution in [-0.4, -0.2) is 12.0 Å². The van der Waals surface area contributed by atoms with E-state index in [0.29, 0.717) is 10.8 Å². The highest BCUT2D eigenvalue weighted by molar-refractivity contribution is 6.32. The molecule has 0 saturated carbocycles. The summed E-state index contributed by atoms with van der Waals surface area (Å²) in [4.78, 5) is 10.8. The standard InChI is InChI=1S/C11H15ClN2O2/c1-6(13)8-3-4-10(9(12)5-8)16-7(2)11(14)15/h3-7H,13H2,1-2H3,(H2,14,15). The highest BCUT2D eigenvalue weighted by atomic mass is 35.5. The molecule has 2 unspecified atom stereocenters. The van der Waals surface area contributed by atoms with E-state index in [1.165, 1.54) is 0 Å². The van der Waals surface area contributed by atoms with Crippen LogP contribution in [0.1, 0.15) is 25.5 Å². The van der Waals surface area contributed by atoms with Gasteiger partial charge in [0.2, 0.25) is 0 Å². The van der Waals surface area contributed by atoms with Crippen LogP contribution in [0.4, 0.5) is 0 Å². The van der Waals surface area contributed by atoms with Crippen molar-refractivity contribution in [3.63, 3.8) is 0 Å². The number of nitrogens with two attached hydrogens (primary N) is 2. The van der Waals surface area contributed by atoms with Crippen LogP contribution in [0.5, 0.6) is 5.75 Å². The summed E-state index contributed by atoms with van der Waals surface area (Å²) in [6, 6.07) is 5.11. The Bertz CT molecular complexity index is 394. The maximum atomic E-state index is 10.8. The van der Waals surface area contributed by atoms with Crippen molar-refractivity contribution in [2.45, 2.75) is 26.0 Å². The molecular weight excluding hydrogens is 228 g/mol. The van der Waals surface area contributed by atoms with E-state index in [1.54, 1.807) is 25.1 Å². The molecule has 1 amide bonds. The lowest BCUT2D eigenvalue weighted by Crippen LogP contribution is -2.30. The fourth-order valence-corrected chi connectivity index (χ4v) is 1.38. The van der Waals surface area contributed by atoms with Gasteiger partial charge in [-0.2, -0.15) is 0 Å². The van der Waals surface area contributed by atoms with Crippen molar-refractivity contribution >= 4 is 17.5 Å². The number of rotatable bonds is 4. The van der Waals surface area contributed by atoms with Gasteiger partial charge < -0.3 is 16.2 Å². The fourth-order valence-electron chi connectivity index (χ4n) is 1.14. The average Bonchev–Trinajstić information content (AvgIpc) is 2.20. The molecule has 1 aromatic rings. The molecule has 0 radical (unpaired) electrons. The molecule has 0 heterocycles. The second-order valence-electron chi connectivity index (χ2n) is 3.64. The number of halogens is 1. The number of benzene rings is 1. The first-order chi connectivity index (χ1) is 7.41. The van der Waals surface area contributed by atoms with Crippen molar-refractivity contribution in [2.24, 2.45) is 11.5 Å². The van der Waals surface area contributed by atoms with Gasteiger partial charge in [-0.3, -0.25) is 4.79 Å². The van der Waals surface area contributed by atoms with Crippen molar-refractivity contribution in [2.75, 3.05) is 0 Å². The van der Waals surface area contributed by atoms with E-state index in [1.807, 2.05) is 6.92 Å². The van der Waals surface area contributed by atoms with Crippen LogP contribution in [0.25, 0.3) is 0 Å². The maximum Gasteiger partial charge on any atom is 0.258 e. The molecule has 4 N–H and O–H groups in total. The third-order valence-corrected chi connectivity index (χ3v) is 2.48. The van der Waals surface area contributed by atoms with Crippen LogP contribution < -0.4 is 16.2 Å². The zero-order valence-corrected chi connectivity index (χ0v) is 9.99. The summed E-state index contributed by atoms with van der Waals surface area (Å²) < 4.78 is 5.29. The molecule has 1 aromatic carbocycles. The van der Waals surface area contributed by atoms with E-state index >= 15 is 0 Å². The quantitative estimate of drug-likeness (QED) is 0.842. The van der Waals surface area contributed by atoms with E-state index in [9.17, 15) is 4.79 Å². The van der Waals surface area contributed by atoms with Gasteiger partial charge in [0.25, 0.3) is 5.91 Å². The molecule has 0 aliphatic heterocycles. The molecule has 0 saturated heterocycles. The van der Waals surface area contributed by atoms with Crippen LogP contribution in [0.15, 0.2) is 18.2 Å². The highest BCUT2D eigenvalue weighted by Gasteiger charge is 2.13. The van der Waals surface area contributed by atoms with Gasteiger partial charge in [-0.25, -0.2) is 0 Å².